The van der Waals surface area contributed by atoms with E-state index < -0.39 is 8.27 Å². The van der Waals surface area contributed by atoms with E-state index in [0.717, 1.165) is 5.56 Å². The average Bonchev–Trinajstić information content (AvgIpc) is 2.04. The highest BCUT2D eigenvalue weighted by atomic mass is 79.9. The molecule has 0 saturated heterocycles. The molecule has 0 aliphatic carbocycles. The molecule has 0 aromatic heterocycles. The van der Waals surface area contributed by atoms with E-state index in [2.05, 4.69) is 21.4 Å². The third kappa shape index (κ3) is 2.67. The first-order valence-corrected chi connectivity index (χ1v) is 7.02. The van der Waals surface area contributed by atoms with Crippen molar-refractivity contribution in [2.75, 3.05) is 0 Å². The Hall–Kier alpha value is -0.610. The Kier molecular flexibility index (Phi) is 3.27. The fraction of sp³-hybridized carbons (Fsp3) is 0.111. The Morgan fingerprint density at radius 2 is 2.00 bits per heavy atom. The highest BCUT2D eigenvalue weighted by Crippen LogP contribution is 2.21. The summed E-state index contributed by atoms with van der Waals surface area (Å²) in [6, 6.07) is 6.85. The molecule has 0 saturated carbocycles. The van der Waals surface area contributed by atoms with Gasteiger partial charge in [-0.3, -0.25) is 0 Å². The summed E-state index contributed by atoms with van der Waals surface area (Å²) in [6.07, 6.45) is 2.23. The second-order valence-electron chi connectivity index (χ2n) is 2.54. The molecule has 0 bridgehead atoms. The Morgan fingerprint density at radius 1 is 1.38 bits per heavy atom. The molecule has 0 radical (unpaired) electrons. The van der Waals surface area contributed by atoms with Crippen LogP contribution in [-0.2, 0) is 14.7 Å². The predicted molar refractivity (Wildman–Crippen MR) is 56.5 cm³/mol. The smallest absolute Gasteiger partial charge is 0.212 e. The molecule has 0 heterocycles. The van der Waals surface area contributed by atoms with E-state index in [9.17, 15) is 8.42 Å². The van der Waals surface area contributed by atoms with Crippen LogP contribution in [0.2, 0.25) is 0 Å². The fourth-order valence-electron chi connectivity index (χ4n) is 1.07. The Balaban J connectivity index is 3.28. The van der Waals surface area contributed by atoms with Crippen molar-refractivity contribution >= 4 is 23.1 Å². The van der Waals surface area contributed by atoms with Gasteiger partial charge in [-0.15, -0.1) is 6.58 Å². The molecule has 0 aliphatic heterocycles. The molecular weight excluding hydrogens is 252 g/mol. The van der Waals surface area contributed by atoms with Gasteiger partial charge in [-0.1, -0.05) is 24.3 Å². The Morgan fingerprint density at radius 3 is 2.54 bits per heavy atom. The highest BCUT2D eigenvalue weighted by molar-refractivity contribution is 9.47. The number of halogens is 1. The zero-order valence-electron chi connectivity index (χ0n) is 6.90. The van der Waals surface area contributed by atoms with Gasteiger partial charge >= 0.3 is 0 Å². The van der Waals surface area contributed by atoms with Crippen LogP contribution in [0.4, 0.5) is 0 Å². The molecule has 1 aromatic carbocycles. The third-order valence-corrected chi connectivity index (χ3v) is 3.57. The number of rotatable bonds is 3. The van der Waals surface area contributed by atoms with Crippen molar-refractivity contribution in [1.29, 1.82) is 0 Å². The number of hydrogen-bond donors (Lipinski definition) is 0. The maximum Gasteiger partial charge on any atom is 0.237 e. The highest BCUT2D eigenvalue weighted by Gasteiger charge is 2.12. The van der Waals surface area contributed by atoms with Gasteiger partial charge < -0.3 is 0 Å². The zero-order valence-corrected chi connectivity index (χ0v) is 9.31. The second-order valence-corrected chi connectivity index (χ2v) is 6.41. The Bertz CT molecular complexity index is 409. The first-order chi connectivity index (χ1) is 6.05. The lowest BCUT2D eigenvalue weighted by atomic mass is 10.1. The summed E-state index contributed by atoms with van der Waals surface area (Å²) >= 11 is 2.65. The van der Waals surface area contributed by atoms with Crippen molar-refractivity contribution in [2.24, 2.45) is 0 Å². The SMILES string of the molecule is C=CCc1ccccc1S(=O)(=O)Br. The summed E-state index contributed by atoms with van der Waals surface area (Å²) in [5.74, 6) is 0. The summed E-state index contributed by atoms with van der Waals surface area (Å²) in [7, 11) is -3.29. The van der Waals surface area contributed by atoms with Crippen LogP contribution in [-0.4, -0.2) is 8.42 Å². The van der Waals surface area contributed by atoms with E-state index in [-0.39, 0.29) is 0 Å². The van der Waals surface area contributed by atoms with Gasteiger partial charge in [0.25, 0.3) is 0 Å². The fourth-order valence-corrected chi connectivity index (χ4v) is 2.72. The summed E-state index contributed by atoms with van der Waals surface area (Å²) in [5, 5.41) is 0. The average molecular weight is 261 g/mol. The quantitative estimate of drug-likeness (QED) is 0.618. The van der Waals surface area contributed by atoms with Gasteiger partial charge in [0, 0.05) is 0 Å². The number of hydrogen-bond acceptors (Lipinski definition) is 2. The molecule has 13 heavy (non-hydrogen) atoms. The first-order valence-electron chi connectivity index (χ1n) is 3.69. The third-order valence-electron chi connectivity index (χ3n) is 1.60. The summed E-state index contributed by atoms with van der Waals surface area (Å²) in [5.41, 5.74) is 0.759. The van der Waals surface area contributed by atoms with Crippen molar-refractivity contribution in [2.45, 2.75) is 11.3 Å². The molecule has 0 atom stereocenters. The van der Waals surface area contributed by atoms with Crippen molar-refractivity contribution in [1.82, 2.24) is 0 Å². The van der Waals surface area contributed by atoms with Crippen molar-refractivity contribution in [3.8, 4) is 0 Å². The van der Waals surface area contributed by atoms with Crippen LogP contribution in [0.5, 0.6) is 0 Å². The minimum absolute atomic E-state index is 0.315. The van der Waals surface area contributed by atoms with Gasteiger partial charge in [0.1, 0.15) is 0 Å². The maximum absolute atomic E-state index is 11.2. The molecule has 0 amide bonds. The Labute approximate surface area is 85.4 Å². The monoisotopic (exact) mass is 260 g/mol. The predicted octanol–water partition coefficient (Wildman–Crippen LogP) is 2.50. The molecule has 1 rings (SSSR count). The second kappa shape index (κ2) is 4.07. The van der Waals surface area contributed by atoms with Gasteiger partial charge in [-0.05, 0) is 18.1 Å². The first kappa shape index (κ1) is 10.5. The molecule has 1 aromatic rings. The van der Waals surface area contributed by atoms with E-state index in [1.54, 1.807) is 30.3 Å². The van der Waals surface area contributed by atoms with Crippen LogP contribution in [0.1, 0.15) is 5.56 Å². The van der Waals surface area contributed by atoms with E-state index in [0.29, 0.717) is 11.3 Å². The van der Waals surface area contributed by atoms with E-state index in [4.69, 9.17) is 0 Å². The lowest BCUT2D eigenvalue weighted by Gasteiger charge is -2.02. The molecule has 2 nitrogen and oxygen atoms in total. The van der Waals surface area contributed by atoms with E-state index >= 15 is 0 Å². The summed E-state index contributed by atoms with van der Waals surface area (Å²) < 4.78 is 22.4. The molecule has 0 fully saturated rings. The molecule has 0 unspecified atom stereocenters. The van der Waals surface area contributed by atoms with Crippen molar-refractivity contribution < 1.29 is 8.42 Å². The summed E-state index contributed by atoms with van der Waals surface area (Å²) in [4.78, 5) is 0.315. The van der Waals surface area contributed by atoms with Gasteiger partial charge in [0.05, 0.1) is 19.7 Å². The van der Waals surface area contributed by atoms with Crippen LogP contribution >= 0.6 is 14.8 Å². The van der Waals surface area contributed by atoms with Crippen LogP contribution in [0.25, 0.3) is 0 Å². The van der Waals surface area contributed by atoms with Crippen LogP contribution in [0, 0.1) is 0 Å². The van der Waals surface area contributed by atoms with E-state index in [1.807, 2.05) is 0 Å². The molecule has 4 heteroatoms. The number of allylic oxidation sites excluding steroid dienone is 1. The zero-order chi connectivity index (χ0) is 9.90. The van der Waals surface area contributed by atoms with Crippen LogP contribution in [0.15, 0.2) is 41.8 Å². The molecule has 0 spiro atoms. The molecule has 70 valence electrons. The number of benzene rings is 1. The lowest BCUT2D eigenvalue weighted by molar-refractivity contribution is 0.610. The molecular formula is C9H9BrO2S. The van der Waals surface area contributed by atoms with Gasteiger partial charge in [0.15, 0.2) is 0 Å². The molecule has 0 aliphatic rings. The van der Waals surface area contributed by atoms with Gasteiger partial charge in [-0.2, -0.15) is 0 Å². The van der Waals surface area contributed by atoms with Crippen LogP contribution in [0.3, 0.4) is 0 Å². The van der Waals surface area contributed by atoms with Crippen molar-refractivity contribution in [3.05, 3.63) is 42.5 Å². The molecule has 0 N–H and O–H groups in total. The summed E-state index contributed by atoms with van der Waals surface area (Å²) in [6.45, 7) is 3.57. The lowest BCUT2D eigenvalue weighted by Crippen LogP contribution is -1.95. The van der Waals surface area contributed by atoms with Gasteiger partial charge in [0.2, 0.25) is 8.27 Å². The van der Waals surface area contributed by atoms with Crippen LogP contribution < -0.4 is 0 Å². The maximum atomic E-state index is 11.2. The van der Waals surface area contributed by atoms with E-state index in [1.165, 1.54) is 0 Å². The largest absolute Gasteiger partial charge is 0.237 e. The normalized spacial score (nSPS) is 11.2. The standard InChI is InChI=1S/C9H9BrO2S/c1-2-5-8-6-3-4-7-9(8)13(10,11)12/h2-4,6-7H,1,5H2. The van der Waals surface area contributed by atoms with Gasteiger partial charge in [-0.25, -0.2) is 8.42 Å². The topological polar surface area (TPSA) is 34.1 Å². The van der Waals surface area contributed by atoms with Crippen molar-refractivity contribution in [3.63, 3.8) is 0 Å². The minimum atomic E-state index is -3.29. The minimum Gasteiger partial charge on any atom is -0.212 e.